The molecule has 1 rings (SSSR count). The van der Waals surface area contributed by atoms with E-state index in [0.717, 1.165) is 0 Å². The molecule has 0 unspecified atom stereocenters. The molecule has 1 fully saturated rings. The molecule has 9 heteroatoms. The molecule has 1 heterocycles. The number of alkyl halides is 5. The zero-order valence-corrected chi connectivity index (χ0v) is 9.30. The van der Waals surface area contributed by atoms with Crippen LogP contribution in [0.25, 0.3) is 0 Å². The Morgan fingerprint density at radius 2 is 1.72 bits per heavy atom. The number of rotatable bonds is 4. The van der Waals surface area contributed by atoms with E-state index in [9.17, 15) is 26.7 Å². The van der Waals surface area contributed by atoms with E-state index < -0.39 is 24.7 Å². The molecular formula is C9H12F5NO3. The molecule has 0 N–H and O–H groups in total. The lowest BCUT2D eigenvalue weighted by Gasteiger charge is -2.26. The number of hydrogen-bond acceptors (Lipinski definition) is 4. The van der Waals surface area contributed by atoms with Gasteiger partial charge in [-0.3, -0.25) is 4.90 Å². The molecule has 0 aromatic rings. The molecule has 1 aliphatic heterocycles. The summed E-state index contributed by atoms with van der Waals surface area (Å²) in [6.45, 7) is 1.54. The van der Waals surface area contributed by atoms with Gasteiger partial charge in [0, 0.05) is 19.6 Å². The topological polar surface area (TPSA) is 38.8 Å². The highest BCUT2D eigenvalue weighted by Gasteiger charge is 2.64. The molecule has 0 radical (unpaired) electrons. The Morgan fingerprint density at radius 1 is 1.17 bits per heavy atom. The van der Waals surface area contributed by atoms with Crippen molar-refractivity contribution in [2.45, 2.75) is 12.1 Å². The van der Waals surface area contributed by atoms with E-state index in [1.165, 1.54) is 0 Å². The lowest BCUT2D eigenvalue weighted by Crippen LogP contribution is -2.46. The SMILES string of the molecule is O=C(OCCN1CCOCC1)C(F)(F)C(F)(F)F. The summed E-state index contributed by atoms with van der Waals surface area (Å²) in [5, 5.41) is 0. The van der Waals surface area contributed by atoms with Gasteiger partial charge in [-0.25, -0.2) is 4.79 Å². The van der Waals surface area contributed by atoms with Crippen LogP contribution in [0.4, 0.5) is 22.0 Å². The Morgan fingerprint density at radius 3 is 2.22 bits per heavy atom. The van der Waals surface area contributed by atoms with Gasteiger partial charge in [0.15, 0.2) is 0 Å². The first-order valence-electron chi connectivity index (χ1n) is 5.17. The molecule has 0 saturated carbocycles. The number of carbonyl (C=O) groups excluding carboxylic acids is 1. The highest BCUT2D eigenvalue weighted by Crippen LogP contribution is 2.36. The van der Waals surface area contributed by atoms with Gasteiger partial charge in [0.2, 0.25) is 0 Å². The summed E-state index contributed by atoms with van der Waals surface area (Å²) in [5.41, 5.74) is 0. The Bertz CT molecular complexity index is 288. The largest absolute Gasteiger partial charge is 0.465 e. The fourth-order valence-electron chi connectivity index (χ4n) is 1.30. The van der Waals surface area contributed by atoms with Gasteiger partial charge in [0.1, 0.15) is 6.61 Å². The van der Waals surface area contributed by atoms with E-state index in [-0.39, 0.29) is 6.54 Å². The Labute approximate surface area is 99.6 Å². The van der Waals surface area contributed by atoms with Crippen LogP contribution in [0.2, 0.25) is 0 Å². The molecule has 0 atom stereocenters. The second kappa shape index (κ2) is 5.79. The Kier molecular flexibility index (Phi) is 4.85. The van der Waals surface area contributed by atoms with Crippen molar-refractivity contribution in [3.8, 4) is 0 Å². The minimum atomic E-state index is -5.93. The number of esters is 1. The third kappa shape index (κ3) is 3.77. The van der Waals surface area contributed by atoms with Crippen molar-refractivity contribution in [1.82, 2.24) is 4.90 Å². The molecule has 4 nitrogen and oxygen atoms in total. The van der Waals surface area contributed by atoms with Crippen molar-refractivity contribution in [3.05, 3.63) is 0 Å². The minimum Gasteiger partial charge on any atom is -0.460 e. The first-order chi connectivity index (χ1) is 8.25. The van der Waals surface area contributed by atoms with Crippen LogP contribution in [0.15, 0.2) is 0 Å². The first-order valence-corrected chi connectivity index (χ1v) is 5.17. The summed E-state index contributed by atoms with van der Waals surface area (Å²) in [5.74, 6) is -8.03. The van der Waals surface area contributed by atoms with E-state index in [1.54, 1.807) is 4.90 Å². The monoisotopic (exact) mass is 277 g/mol. The molecule has 1 saturated heterocycles. The van der Waals surface area contributed by atoms with Gasteiger partial charge in [-0.1, -0.05) is 0 Å². The lowest BCUT2D eigenvalue weighted by molar-refractivity contribution is -0.280. The molecule has 1 aliphatic rings. The smallest absolute Gasteiger partial charge is 0.460 e. The quantitative estimate of drug-likeness (QED) is 0.569. The van der Waals surface area contributed by atoms with Gasteiger partial charge in [-0.05, 0) is 0 Å². The first kappa shape index (κ1) is 15.1. The summed E-state index contributed by atoms with van der Waals surface area (Å²) >= 11 is 0. The van der Waals surface area contributed by atoms with E-state index in [0.29, 0.717) is 26.3 Å². The zero-order valence-electron chi connectivity index (χ0n) is 9.30. The summed E-state index contributed by atoms with van der Waals surface area (Å²) in [7, 11) is 0. The Balaban J connectivity index is 2.32. The van der Waals surface area contributed by atoms with Gasteiger partial charge in [0.25, 0.3) is 0 Å². The van der Waals surface area contributed by atoms with Crippen LogP contribution < -0.4 is 0 Å². The number of ether oxygens (including phenoxy) is 2. The predicted molar refractivity (Wildman–Crippen MR) is 49.2 cm³/mol. The molecule has 0 aromatic carbocycles. The van der Waals surface area contributed by atoms with Gasteiger partial charge in [-0.2, -0.15) is 22.0 Å². The average molecular weight is 277 g/mol. The van der Waals surface area contributed by atoms with Crippen LogP contribution >= 0.6 is 0 Å². The van der Waals surface area contributed by atoms with Crippen LogP contribution in [0, 0.1) is 0 Å². The number of carbonyl (C=O) groups is 1. The van der Waals surface area contributed by atoms with Crippen molar-refractivity contribution in [1.29, 1.82) is 0 Å². The normalized spacial score (nSPS) is 18.7. The maximum absolute atomic E-state index is 12.5. The average Bonchev–Trinajstić information content (AvgIpc) is 2.28. The molecular weight excluding hydrogens is 265 g/mol. The van der Waals surface area contributed by atoms with Crippen LogP contribution in [0.5, 0.6) is 0 Å². The van der Waals surface area contributed by atoms with Gasteiger partial charge >= 0.3 is 18.1 Å². The van der Waals surface area contributed by atoms with Crippen molar-refractivity contribution >= 4 is 5.97 Å². The molecule has 0 aliphatic carbocycles. The van der Waals surface area contributed by atoms with E-state index >= 15 is 0 Å². The predicted octanol–water partition coefficient (Wildman–Crippen LogP) is 1.06. The number of nitrogens with zero attached hydrogens (tertiary/aromatic N) is 1. The van der Waals surface area contributed by atoms with E-state index in [2.05, 4.69) is 4.74 Å². The van der Waals surface area contributed by atoms with Crippen molar-refractivity contribution in [2.75, 3.05) is 39.5 Å². The second-order valence-electron chi connectivity index (χ2n) is 3.66. The highest BCUT2D eigenvalue weighted by atomic mass is 19.4. The van der Waals surface area contributed by atoms with Crippen LogP contribution in [-0.4, -0.2) is 62.4 Å². The molecule has 0 bridgehead atoms. The second-order valence-corrected chi connectivity index (χ2v) is 3.66. The van der Waals surface area contributed by atoms with Crippen molar-refractivity contribution in [2.24, 2.45) is 0 Å². The van der Waals surface area contributed by atoms with E-state index in [4.69, 9.17) is 4.74 Å². The fraction of sp³-hybridized carbons (Fsp3) is 0.889. The molecule has 106 valence electrons. The number of hydrogen-bond donors (Lipinski definition) is 0. The fourth-order valence-corrected chi connectivity index (χ4v) is 1.30. The maximum atomic E-state index is 12.5. The molecule has 0 spiro atoms. The van der Waals surface area contributed by atoms with E-state index in [1.807, 2.05) is 0 Å². The summed E-state index contributed by atoms with van der Waals surface area (Å²) in [6.07, 6.45) is -5.93. The standard InChI is InChI=1S/C9H12F5NO3/c10-8(11,9(12,13)14)7(16)18-6-3-15-1-4-17-5-2-15/h1-6H2. The van der Waals surface area contributed by atoms with Crippen molar-refractivity contribution in [3.63, 3.8) is 0 Å². The van der Waals surface area contributed by atoms with Gasteiger partial charge in [0.05, 0.1) is 13.2 Å². The van der Waals surface area contributed by atoms with Crippen LogP contribution in [0.1, 0.15) is 0 Å². The van der Waals surface area contributed by atoms with Crippen LogP contribution in [0.3, 0.4) is 0 Å². The van der Waals surface area contributed by atoms with Gasteiger partial charge < -0.3 is 9.47 Å². The van der Waals surface area contributed by atoms with Crippen molar-refractivity contribution < 1.29 is 36.2 Å². The molecule has 0 amide bonds. The third-order valence-corrected chi connectivity index (χ3v) is 2.36. The lowest BCUT2D eigenvalue weighted by atomic mass is 10.3. The van der Waals surface area contributed by atoms with Crippen LogP contribution in [-0.2, 0) is 14.3 Å². The zero-order chi connectivity index (χ0) is 13.8. The minimum absolute atomic E-state index is 0.100. The number of halogens is 5. The summed E-state index contributed by atoms with van der Waals surface area (Å²) in [4.78, 5) is 12.4. The third-order valence-electron chi connectivity index (χ3n) is 2.36. The summed E-state index contributed by atoms with van der Waals surface area (Å²) < 4.78 is 69.2. The molecule has 0 aromatic heterocycles. The Hall–Kier alpha value is -0.960. The summed E-state index contributed by atoms with van der Waals surface area (Å²) in [6, 6.07) is 0. The molecule has 18 heavy (non-hydrogen) atoms. The maximum Gasteiger partial charge on any atom is 0.465 e. The van der Waals surface area contributed by atoms with Gasteiger partial charge in [-0.15, -0.1) is 0 Å². The highest BCUT2D eigenvalue weighted by molar-refractivity contribution is 5.78. The number of morpholine rings is 1.